The van der Waals surface area contributed by atoms with E-state index in [0.29, 0.717) is 24.3 Å². The first-order chi connectivity index (χ1) is 11.7. The number of aromatic nitrogens is 2. The van der Waals surface area contributed by atoms with Gasteiger partial charge in [-0.15, -0.1) is 11.3 Å². The molecule has 5 heterocycles. The van der Waals surface area contributed by atoms with Crippen molar-refractivity contribution in [3.8, 4) is 11.3 Å². The molecule has 24 heavy (non-hydrogen) atoms. The van der Waals surface area contributed by atoms with Crippen LogP contribution in [-0.2, 0) is 4.79 Å². The Labute approximate surface area is 144 Å². The lowest BCUT2D eigenvalue weighted by molar-refractivity contribution is -0.131. The van der Waals surface area contributed by atoms with Crippen molar-refractivity contribution in [1.82, 2.24) is 14.5 Å². The Balaban J connectivity index is 1.33. The molecule has 2 saturated heterocycles. The minimum absolute atomic E-state index is 0.204. The van der Waals surface area contributed by atoms with E-state index in [-0.39, 0.29) is 12.1 Å². The Morgan fingerprint density at radius 3 is 3.25 bits per heavy atom. The number of rotatable bonds is 3. The van der Waals surface area contributed by atoms with E-state index >= 15 is 0 Å². The second-order valence-corrected chi connectivity index (χ2v) is 8.22. The van der Waals surface area contributed by atoms with Crippen molar-refractivity contribution in [2.45, 2.75) is 50.3 Å². The summed E-state index contributed by atoms with van der Waals surface area (Å²) >= 11 is 1.77. The fraction of sp³-hybridized carbons (Fsp3) is 0.556. The number of carbonyl (C=O) groups is 1. The number of hydrogen-bond donors (Lipinski definition) is 1. The summed E-state index contributed by atoms with van der Waals surface area (Å²) in [6.07, 6.45) is 7.74. The van der Waals surface area contributed by atoms with Gasteiger partial charge >= 0.3 is 0 Å². The first-order valence-corrected chi connectivity index (χ1v) is 9.67. The molecular formula is C18H21N3O2S. The lowest BCUT2D eigenvalue weighted by Crippen LogP contribution is -2.43. The van der Waals surface area contributed by atoms with Crippen molar-refractivity contribution in [1.29, 1.82) is 0 Å². The Hall–Kier alpha value is -1.66. The van der Waals surface area contributed by atoms with Gasteiger partial charge in [0.25, 0.3) is 0 Å². The van der Waals surface area contributed by atoms with Crippen LogP contribution < -0.4 is 0 Å². The third kappa shape index (κ3) is 2.09. The second-order valence-electron chi connectivity index (χ2n) is 7.27. The molecule has 2 aromatic heterocycles. The van der Waals surface area contributed by atoms with Crippen molar-refractivity contribution in [3.05, 3.63) is 28.8 Å². The number of hydrogen-bond acceptors (Lipinski definition) is 4. The smallest absolute Gasteiger partial charge is 0.222 e. The maximum atomic E-state index is 11.8. The lowest BCUT2D eigenvalue weighted by Gasteiger charge is -2.37. The molecule has 126 valence electrons. The summed E-state index contributed by atoms with van der Waals surface area (Å²) in [5.41, 5.74) is 2.44. The highest BCUT2D eigenvalue weighted by molar-refractivity contribution is 7.10. The lowest BCUT2D eigenvalue weighted by atomic mass is 9.84. The summed E-state index contributed by atoms with van der Waals surface area (Å²) < 4.78 is 2.21. The number of amides is 1. The van der Waals surface area contributed by atoms with Gasteiger partial charge in [-0.05, 0) is 43.0 Å². The van der Waals surface area contributed by atoms with Gasteiger partial charge in [-0.25, -0.2) is 4.98 Å². The summed E-state index contributed by atoms with van der Waals surface area (Å²) in [5.74, 6) is 0.600. The molecule has 0 unspecified atom stereocenters. The Morgan fingerprint density at radius 2 is 2.33 bits per heavy atom. The zero-order valence-corrected chi connectivity index (χ0v) is 14.3. The van der Waals surface area contributed by atoms with Gasteiger partial charge in [0.1, 0.15) is 0 Å². The summed E-state index contributed by atoms with van der Waals surface area (Å²) in [6.45, 7) is 0.816. The van der Waals surface area contributed by atoms with Gasteiger partial charge in [0, 0.05) is 29.4 Å². The van der Waals surface area contributed by atoms with E-state index in [1.165, 1.54) is 16.1 Å². The van der Waals surface area contributed by atoms with Crippen LogP contribution in [0.1, 0.15) is 43.0 Å². The molecular weight excluding hydrogens is 322 g/mol. The number of imidazole rings is 1. The van der Waals surface area contributed by atoms with Crippen LogP contribution in [0.15, 0.2) is 24.0 Å². The minimum atomic E-state index is -0.323. The zero-order chi connectivity index (χ0) is 16.3. The molecule has 2 fully saturated rings. The normalized spacial score (nSPS) is 29.5. The zero-order valence-electron chi connectivity index (χ0n) is 13.5. The van der Waals surface area contributed by atoms with Crippen LogP contribution in [0.3, 0.4) is 0 Å². The minimum Gasteiger partial charge on any atom is -0.393 e. The van der Waals surface area contributed by atoms with Crippen LogP contribution in [0.2, 0.25) is 0 Å². The summed E-state index contributed by atoms with van der Waals surface area (Å²) in [7, 11) is 0. The maximum absolute atomic E-state index is 11.8. The number of carbonyl (C=O) groups excluding carboxylic acids is 1. The standard InChI is InChI=1S/C18H21N3O2S/c22-16(11-3-5-20-12(7-11)1-2-17(20)23)8-14-18-13(4-6-24-18)15-9-19-10-21(14)15/h4,6,9-12,14,16,22H,1-3,5,7-8H2/t11-,12+,14+,16+/m0/s1. The SMILES string of the molecule is O=C1CC[C@@H]2C[C@@H]([C@H](O)C[C@@H]3c4sccc4-c4cncn43)CCN12. The van der Waals surface area contributed by atoms with E-state index in [0.717, 1.165) is 32.2 Å². The fourth-order valence-electron chi connectivity index (χ4n) is 4.79. The van der Waals surface area contributed by atoms with Crippen molar-refractivity contribution >= 4 is 17.2 Å². The van der Waals surface area contributed by atoms with E-state index in [2.05, 4.69) is 21.0 Å². The van der Waals surface area contributed by atoms with Gasteiger partial charge in [-0.3, -0.25) is 4.79 Å². The van der Waals surface area contributed by atoms with Gasteiger partial charge < -0.3 is 14.6 Å². The van der Waals surface area contributed by atoms with Crippen LogP contribution in [0, 0.1) is 5.92 Å². The van der Waals surface area contributed by atoms with Crippen LogP contribution in [0.4, 0.5) is 0 Å². The summed E-state index contributed by atoms with van der Waals surface area (Å²) in [4.78, 5) is 19.5. The molecule has 3 aliphatic rings. The summed E-state index contributed by atoms with van der Waals surface area (Å²) in [5, 5.41) is 13.0. The van der Waals surface area contributed by atoms with Crippen LogP contribution in [-0.4, -0.2) is 44.2 Å². The Bertz CT molecular complexity index is 743. The molecule has 0 spiro atoms. The molecule has 5 nitrogen and oxygen atoms in total. The monoisotopic (exact) mass is 343 g/mol. The Morgan fingerprint density at radius 1 is 1.42 bits per heavy atom. The molecule has 0 aliphatic carbocycles. The van der Waals surface area contributed by atoms with Gasteiger partial charge in [-0.1, -0.05) is 0 Å². The van der Waals surface area contributed by atoms with E-state index in [4.69, 9.17) is 0 Å². The number of nitrogens with zero attached hydrogens (tertiary/aromatic N) is 3. The molecule has 1 amide bonds. The number of piperidine rings is 1. The topological polar surface area (TPSA) is 58.4 Å². The van der Waals surface area contributed by atoms with Crippen LogP contribution in [0.5, 0.6) is 0 Å². The molecule has 2 aromatic rings. The predicted molar refractivity (Wildman–Crippen MR) is 91.8 cm³/mol. The first kappa shape index (κ1) is 14.7. The van der Waals surface area contributed by atoms with Gasteiger partial charge in [0.15, 0.2) is 0 Å². The quantitative estimate of drug-likeness (QED) is 0.932. The summed E-state index contributed by atoms with van der Waals surface area (Å²) in [6, 6.07) is 2.72. The molecule has 0 radical (unpaired) electrons. The molecule has 3 aliphatic heterocycles. The number of thiophene rings is 1. The van der Waals surface area contributed by atoms with E-state index in [1.807, 2.05) is 17.4 Å². The van der Waals surface area contributed by atoms with E-state index in [9.17, 15) is 9.90 Å². The largest absolute Gasteiger partial charge is 0.393 e. The maximum Gasteiger partial charge on any atom is 0.222 e. The third-order valence-corrected chi connectivity index (χ3v) is 7.07. The highest BCUT2D eigenvalue weighted by Gasteiger charge is 2.40. The van der Waals surface area contributed by atoms with E-state index in [1.54, 1.807) is 11.3 Å². The molecule has 1 N–H and O–H groups in total. The predicted octanol–water partition coefficient (Wildman–Crippen LogP) is 2.67. The van der Waals surface area contributed by atoms with Crippen molar-refractivity contribution in [2.75, 3.05) is 6.54 Å². The van der Waals surface area contributed by atoms with Crippen molar-refractivity contribution in [2.24, 2.45) is 5.92 Å². The molecule has 5 rings (SSSR count). The Kier molecular flexibility index (Phi) is 3.31. The average Bonchev–Trinajstić information content (AvgIpc) is 3.33. The number of aliphatic hydroxyl groups is 1. The molecule has 0 saturated carbocycles. The number of fused-ring (bicyclic) bond motifs is 4. The van der Waals surface area contributed by atoms with Gasteiger partial charge in [-0.2, -0.15) is 0 Å². The average molecular weight is 343 g/mol. The highest BCUT2D eigenvalue weighted by Crippen LogP contribution is 2.45. The first-order valence-electron chi connectivity index (χ1n) is 8.79. The van der Waals surface area contributed by atoms with Crippen molar-refractivity contribution in [3.63, 3.8) is 0 Å². The number of aliphatic hydroxyl groups excluding tert-OH is 1. The molecule has 4 atom stereocenters. The fourth-order valence-corrected chi connectivity index (χ4v) is 5.80. The van der Waals surface area contributed by atoms with Gasteiger partial charge in [0.05, 0.1) is 30.4 Å². The van der Waals surface area contributed by atoms with Crippen LogP contribution in [0.25, 0.3) is 11.3 Å². The third-order valence-electron chi connectivity index (χ3n) is 6.05. The highest BCUT2D eigenvalue weighted by atomic mass is 32.1. The van der Waals surface area contributed by atoms with Crippen molar-refractivity contribution < 1.29 is 9.90 Å². The molecule has 6 heteroatoms. The molecule has 0 aromatic carbocycles. The van der Waals surface area contributed by atoms with Crippen LogP contribution >= 0.6 is 11.3 Å². The van der Waals surface area contributed by atoms with E-state index < -0.39 is 0 Å². The van der Waals surface area contributed by atoms with Gasteiger partial charge in [0.2, 0.25) is 5.91 Å². The second kappa shape index (κ2) is 5.43. The molecule has 0 bridgehead atoms.